The molecule has 140 valence electrons. The molecule has 0 spiro atoms. The standard InChI is InChI=1S/C20H24ClNO4/c1-5-9-26-20-14(7-6-8-17(20)23-2)12-22-13-15-10-18(24-3)19(25-4)11-16(15)21/h5-8,10-11,22H,1,9,12-13H2,2-4H3. The topological polar surface area (TPSA) is 49.0 Å². The molecule has 0 saturated carbocycles. The summed E-state index contributed by atoms with van der Waals surface area (Å²) in [5.41, 5.74) is 1.91. The highest BCUT2D eigenvalue weighted by Crippen LogP contribution is 2.34. The highest BCUT2D eigenvalue weighted by molar-refractivity contribution is 6.31. The molecule has 26 heavy (non-hydrogen) atoms. The third kappa shape index (κ3) is 4.84. The number of rotatable bonds is 10. The molecule has 0 saturated heterocycles. The van der Waals surface area contributed by atoms with Crippen LogP contribution in [-0.4, -0.2) is 27.9 Å². The van der Waals surface area contributed by atoms with E-state index in [2.05, 4.69) is 11.9 Å². The van der Waals surface area contributed by atoms with Gasteiger partial charge in [-0.1, -0.05) is 36.4 Å². The Kier molecular flexibility index (Phi) is 7.63. The van der Waals surface area contributed by atoms with Gasteiger partial charge in [-0.25, -0.2) is 0 Å². The van der Waals surface area contributed by atoms with Gasteiger partial charge in [0.05, 0.1) is 21.3 Å². The Hall–Kier alpha value is -2.37. The van der Waals surface area contributed by atoms with Crippen LogP contribution in [0.5, 0.6) is 23.0 Å². The molecular weight excluding hydrogens is 354 g/mol. The van der Waals surface area contributed by atoms with Crippen molar-refractivity contribution < 1.29 is 18.9 Å². The van der Waals surface area contributed by atoms with E-state index in [0.29, 0.717) is 47.7 Å². The summed E-state index contributed by atoms with van der Waals surface area (Å²) in [4.78, 5) is 0. The van der Waals surface area contributed by atoms with Crippen molar-refractivity contribution in [2.75, 3.05) is 27.9 Å². The molecular formula is C20H24ClNO4. The fraction of sp³-hybridized carbons (Fsp3) is 0.300. The van der Waals surface area contributed by atoms with Crippen molar-refractivity contribution in [1.82, 2.24) is 5.32 Å². The van der Waals surface area contributed by atoms with Gasteiger partial charge in [0.15, 0.2) is 23.0 Å². The van der Waals surface area contributed by atoms with Gasteiger partial charge in [-0.3, -0.25) is 0 Å². The molecule has 1 N–H and O–H groups in total. The van der Waals surface area contributed by atoms with Gasteiger partial charge in [0.1, 0.15) is 6.61 Å². The predicted octanol–water partition coefficient (Wildman–Crippen LogP) is 4.22. The van der Waals surface area contributed by atoms with Gasteiger partial charge in [-0.05, 0) is 17.7 Å². The highest BCUT2D eigenvalue weighted by Gasteiger charge is 2.12. The second-order valence-corrected chi connectivity index (χ2v) is 5.86. The number of methoxy groups -OCH3 is 3. The summed E-state index contributed by atoms with van der Waals surface area (Å²) >= 11 is 6.34. The molecule has 2 rings (SSSR count). The maximum absolute atomic E-state index is 6.34. The van der Waals surface area contributed by atoms with Crippen LogP contribution in [0.4, 0.5) is 0 Å². The lowest BCUT2D eigenvalue weighted by atomic mass is 10.1. The van der Waals surface area contributed by atoms with Crippen molar-refractivity contribution in [2.24, 2.45) is 0 Å². The third-order valence-electron chi connectivity index (χ3n) is 3.81. The van der Waals surface area contributed by atoms with Gasteiger partial charge in [-0.15, -0.1) is 0 Å². The van der Waals surface area contributed by atoms with Crippen LogP contribution in [0, 0.1) is 0 Å². The molecule has 5 nitrogen and oxygen atoms in total. The van der Waals surface area contributed by atoms with E-state index in [1.807, 2.05) is 24.3 Å². The fourth-order valence-electron chi connectivity index (χ4n) is 2.53. The molecule has 2 aromatic carbocycles. The van der Waals surface area contributed by atoms with Crippen molar-refractivity contribution in [2.45, 2.75) is 13.1 Å². The van der Waals surface area contributed by atoms with Crippen molar-refractivity contribution >= 4 is 11.6 Å². The number of hydrogen-bond acceptors (Lipinski definition) is 5. The molecule has 6 heteroatoms. The van der Waals surface area contributed by atoms with E-state index in [4.69, 9.17) is 30.5 Å². The Morgan fingerprint density at radius 3 is 2.27 bits per heavy atom. The molecule has 2 aromatic rings. The molecule has 0 radical (unpaired) electrons. The maximum atomic E-state index is 6.34. The number of nitrogens with one attached hydrogen (secondary N) is 1. The zero-order chi connectivity index (χ0) is 18.9. The van der Waals surface area contributed by atoms with Crippen LogP contribution in [0.25, 0.3) is 0 Å². The SMILES string of the molecule is C=CCOc1c(CNCc2cc(OC)c(OC)cc2Cl)cccc1OC. The maximum Gasteiger partial charge on any atom is 0.166 e. The first-order chi connectivity index (χ1) is 12.6. The van der Waals surface area contributed by atoms with Crippen molar-refractivity contribution in [3.63, 3.8) is 0 Å². The minimum Gasteiger partial charge on any atom is -0.493 e. The van der Waals surface area contributed by atoms with Crippen LogP contribution in [-0.2, 0) is 13.1 Å². The van der Waals surface area contributed by atoms with Crippen LogP contribution >= 0.6 is 11.6 Å². The summed E-state index contributed by atoms with van der Waals surface area (Å²) in [7, 11) is 4.80. The van der Waals surface area contributed by atoms with E-state index in [0.717, 1.165) is 11.1 Å². The molecule has 0 aliphatic carbocycles. The van der Waals surface area contributed by atoms with Crippen LogP contribution < -0.4 is 24.3 Å². The number of benzene rings is 2. The summed E-state index contributed by atoms with van der Waals surface area (Å²) in [6.45, 7) is 5.25. The average Bonchev–Trinajstić information content (AvgIpc) is 2.67. The lowest BCUT2D eigenvalue weighted by Gasteiger charge is -2.15. The van der Waals surface area contributed by atoms with Crippen LogP contribution in [0.3, 0.4) is 0 Å². The molecule has 0 fully saturated rings. The molecule has 0 heterocycles. The minimum atomic E-state index is 0.412. The van der Waals surface area contributed by atoms with Crippen molar-refractivity contribution in [3.05, 3.63) is 59.1 Å². The average molecular weight is 378 g/mol. The Labute approximate surface area is 159 Å². The lowest BCUT2D eigenvalue weighted by molar-refractivity contribution is 0.322. The molecule has 0 aromatic heterocycles. The molecule has 0 bridgehead atoms. The largest absolute Gasteiger partial charge is 0.493 e. The Balaban J connectivity index is 2.11. The first-order valence-corrected chi connectivity index (χ1v) is 8.53. The zero-order valence-electron chi connectivity index (χ0n) is 15.3. The monoisotopic (exact) mass is 377 g/mol. The molecule has 0 unspecified atom stereocenters. The highest BCUT2D eigenvalue weighted by atomic mass is 35.5. The van der Waals surface area contributed by atoms with Crippen LogP contribution in [0.15, 0.2) is 43.0 Å². The number of hydrogen-bond donors (Lipinski definition) is 1. The van der Waals surface area contributed by atoms with Gasteiger partial charge in [0.2, 0.25) is 0 Å². The van der Waals surface area contributed by atoms with Gasteiger partial charge >= 0.3 is 0 Å². The van der Waals surface area contributed by atoms with Gasteiger partial charge < -0.3 is 24.3 Å². The van der Waals surface area contributed by atoms with Crippen LogP contribution in [0.2, 0.25) is 5.02 Å². The van der Waals surface area contributed by atoms with E-state index < -0.39 is 0 Å². The summed E-state index contributed by atoms with van der Waals surface area (Å²) in [6, 6.07) is 9.41. The van der Waals surface area contributed by atoms with Gasteiger partial charge in [0.25, 0.3) is 0 Å². The van der Waals surface area contributed by atoms with E-state index in [1.165, 1.54) is 0 Å². The summed E-state index contributed by atoms with van der Waals surface area (Å²) in [5.74, 6) is 2.65. The van der Waals surface area contributed by atoms with Crippen molar-refractivity contribution in [1.29, 1.82) is 0 Å². The van der Waals surface area contributed by atoms with Crippen LogP contribution in [0.1, 0.15) is 11.1 Å². The normalized spacial score (nSPS) is 10.3. The molecule has 0 atom stereocenters. The predicted molar refractivity (Wildman–Crippen MR) is 104 cm³/mol. The van der Waals surface area contributed by atoms with E-state index in [9.17, 15) is 0 Å². The van der Waals surface area contributed by atoms with E-state index >= 15 is 0 Å². The number of para-hydroxylation sites is 1. The van der Waals surface area contributed by atoms with Crippen molar-refractivity contribution in [3.8, 4) is 23.0 Å². The van der Waals surface area contributed by atoms with Gasteiger partial charge in [0, 0.05) is 29.7 Å². The smallest absolute Gasteiger partial charge is 0.166 e. The second kappa shape index (κ2) is 9.94. The first kappa shape index (κ1) is 19.9. The molecule has 0 aliphatic rings. The number of halogens is 1. The molecule has 0 aliphatic heterocycles. The quantitative estimate of drug-likeness (QED) is 0.628. The lowest BCUT2D eigenvalue weighted by Crippen LogP contribution is -2.14. The van der Waals surface area contributed by atoms with Gasteiger partial charge in [-0.2, -0.15) is 0 Å². The summed E-state index contributed by atoms with van der Waals surface area (Å²) in [6.07, 6.45) is 1.70. The Morgan fingerprint density at radius 1 is 0.962 bits per heavy atom. The summed E-state index contributed by atoms with van der Waals surface area (Å²) in [5, 5.41) is 3.99. The Bertz CT molecular complexity index is 749. The minimum absolute atomic E-state index is 0.412. The first-order valence-electron chi connectivity index (χ1n) is 8.15. The zero-order valence-corrected chi connectivity index (χ0v) is 16.1. The molecule has 0 amide bonds. The number of ether oxygens (including phenoxy) is 4. The Morgan fingerprint density at radius 2 is 1.62 bits per heavy atom. The fourth-order valence-corrected chi connectivity index (χ4v) is 2.75. The van der Waals surface area contributed by atoms with E-state index in [1.54, 1.807) is 33.5 Å². The van der Waals surface area contributed by atoms with E-state index in [-0.39, 0.29) is 0 Å². The second-order valence-electron chi connectivity index (χ2n) is 5.45. The summed E-state index contributed by atoms with van der Waals surface area (Å²) < 4.78 is 21.7. The third-order valence-corrected chi connectivity index (χ3v) is 4.16.